The highest BCUT2D eigenvalue weighted by Crippen LogP contribution is 2.47. The fraction of sp³-hybridized carbons (Fsp3) is 0.421. The third-order valence-electron chi connectivity index (χ3n) is 5.58. The highest BCUT2D eigenvalue weighted by atomic mass is 16.2. The first kappa shape index (κ1) is 15.9. The number of likely N-dealkylation sites (tertiary alicyclic amines) is 1. The number of hydrogen-bond acceptors (Lipinski definition) is 3. The van der Waals surface area contributed by atoms with Crippen LogP contribution in [0.4, 0.5) is 5.69 Å². The van der Waals surface area contributed by atoms with Crippen molar-refractivity contribution in [1.82, 2.24) is 14.7 Å². The van der Waals surface area contributed by atoms with Crippen LogP contribution in [0.15, 0.2) is 36.5 Å². The number of aromatic nitrogens is 2. The van der Waals surface area contributed by atoms with E-state index in [1.807, 2.05) is 43.3 Å². The molecule has 25 heavy (non-hydrogen) atoms. The number of aryl methyl sites for hydroxylation is 1. The van der Waals surface area contributed by atoms with Crippen molar-refractivity contribution in [1.29, 1.82) is 0 Å². The Morgan fingerprint density at radius 2 is 1.92 bits per heavy atom. The van der Waals surface area contributed by atoms with Crippen LogP contribution in [-0.2, 0) is 16.8 Å². The molecule has 2 aliphatic rings. The molecule has 2 aliphatic heterocycles. The van der Waals surface area contributed by atoms with Gasteiger partial charge in [0.2, 0.25) is 5.91 Å². The minimum absolute atomic E-state index is 0.0471. The molecule has 3 heterocycles. The topological polar surface area (TPSA) is 58.4 Å². The molecular formula is C19H22N4O2. The summed E-state index contributed by atoms with van der Waals surface area (Å²) in [7, 11) is 1.84. The maximum atomic E-state index is 12.9. The lowest BCUT2D eigenvalue weighted by Gasteiger charge is -2.38. The van der Waals surface area contributed by atoms with Crippen molar-refractivity contribution < 1.29 is 9.59 Å². The van der Waals surface area contributed by atoms with Gasteiger partial charge in [-0.1, -0.05) is 18.2 Å². The van der Waals surface area contributed by atoms with Crippen molar-refractivity contribution in [3.05, 3.63) is 47.8 Å². The van der Waals surface area contributed by atoms with Gasteiger partial charge in [-0.3, -0.25) is 14.3 Å². The number of fused-ring (bicyclic) bond motifs is 2. The van der Waals surface area contributed by atoms with E-state index >= 15 is 0 Å². The normalized spacial score (nSPS) is 18.7. The van der Waals surface area contributed by atoms with E-state index in [9.17, 15) is 9.59 Å². The molecule has 0 N–H and O–H groups in total. The highest BCUT2D eigenvalue weighted by molar-refractivity contribution is 6.08. The fourth-order valence-corrected chi connectivity index (χ4v) is 4.11. The van der Waals surface area contributed by atoms with Crippen LogP contribution in [0.25, 0.3) is 0 Å². The van der Waals surface area contributed by atoms with Crippen LogP contribution in [0.2, 0.25) is 0 Å². The summed E-state index contributed by atoms with van der Waals surface area (Å²) in [6.45, 7) is 3.89. The van der Waals surface area contributed by atoms with Gasteiger partial charge in [0.15, 0.2) is 0 Å². The molecular weight excluding hydrogens is 316 g/mol. The molecule has 6 nitrogen and oxygen atoms in total. The van der Waals surface area contributed by atoms with Gasteiger partial charge in [-0.15, -0.1) is 0 Å². The first-order valence-corrected chi connectivity index (χ1v) is 8.77. The summed E-state index contributed by atoms with van der Waals surface area (Å²) in [6.07, 6.45) is 3.14. The minimum atomic E-state index is -0.481. The van der Waals surface area contributed by atoms with Gasteiger partial charge in [0.05, 0.1) is 5.41 Å². The zero-order chi connectivity index (χ0) is 17.6. The predicted molar refractivity (Wildman–Crippen MR) is 94.6 cm³/mol. The van der Waals surface area contributed by atoms with E-state index in [0.717, 1.165) is 17.8 Å². The van der Waals surface area contributed by atoms with Crippen molar-refractivity contribution in [2.24, 2.45) is 0 Å². The summed E-state index contributed by atoms with van der Waals surface area (Å²) in [5.41, 5.74) is 2.09. The molecule has 1 aromatic heterocycles. The van der Waals surface area contributed by atoms with Gasteiger partial charge >= 0.3 is 0 Å². The summed E-state index contributed by atoms with van der Waals surface area (Å²) in [6, 6.07) is 9.76. The van der Waals surface area contributed by atoms with Crippen LogP contribution in [-0.4, -0.2) is 46.6 Å². The number of benzene rings is 1. The Morgan fingerprint density at radius 3 is 2.60 bits per heavy atom. The van der Waals surface area contributed by atoms with Gasteiger partial charge in [-0.25, -0.2) is 0 Å². The predicted octanol–water partition coefficient (Wildman–Crippen LogP) is 2.05. The molecule has 2 amide bonds. The summed E-state index contributed by atoms with van der Waals surface area (Å²) in [5, 5.41) is 4.31. The number of hydrogen-bond donors (Lipinski definition) is 0. The standard InChI is InChI=1S/C19H22N4O2/c1-3-23-11-8-15(20-23)17(24)22-12-9-19(10-13-22)14-6-4-5-7-16(14)21(2)18(19)25/h4-8,11H,3,9-10,12-13H2,1-2H3. The number of nitrogens with zero attached hydrogens (tertiary/aromatic N) is 4. The van der Waals surface area contributed by atoms with Gasteiger partial charge < -0.3 is 9.80 Å². The number of rotatable bonds is 2. The van der Waals surface area contributed by atoms with Crippen molar-refractivity contribution >= 4 is 17.5 Å². The number of piperidine rings is 1. The zero-order valence-corrected chi connectivity index (χ0v) is 14.6. The molecule has 0 radical (unpaired) electrons. The van der Waals surface area contributed by atoms with E-state index < -0.39 is 5.41 Å². The summed E-state index contributed by atoms with van der Waals surface area (Å²) < 4.78 is 1.75. The summed E-state index contributed by atoms with van der Waals surface area (Å²) >= 11 is 0. The van der Waals surface area contributed by atoms with Crippen LogP contribution in [0, 0.1) is 0 Å². The van der Waals surface area contributed by atoms with E-state index in [1.54, 1.807) is 15.6 Å². The Kier molecular flexibility index (Phi) is 3.63. The fourth-order valence-electron chi connectivity index (χ4n) is 4.11. The second kappa shape index (κ2) is 5.72. The first-order valence-electron chi connectivity index (χ1n) is 8.77. The maximum absolute atomic E-state index is 12.9. The van der Waals surface area contributed by atoms with Crippen molar-refractivity contribution in [2.75, 3.05) is 25.0 Å². The Bertz CT molecular complexity index is 833. The third kappa shape index (κ3) is 2.27. The molecule has 2 aromatic rings. The second-order valence-electron chi connectivity index (χ2n) is 6.81. The Hall–Kier alpha value is -2.63. The Morgan fingerprint density at radius 1 is 1.20 bits per heavy atom. The van der Waals surface area contributed by atoms with Gasteiger partial charge in [0.1, 0.15) is 5.69 Å². The van der Waals surface area contributed by atoms with Crippen molar-refractivity contribution in [3.63, 3.8) is 0 Å². The molecule has 1 fully saturated rings. The maximum Gasteiger partial charge on any atom is 0.274 e. The minimum Gasteiger partial charge on any atom is -0.337 e. The summed E-state index contributed by atoms with van der Waals surface area (Å²) in [5.74, 6) is 0.102. The van der Waals surface area contributed by atoms with E-state index in [1.165, 1.54) is 0 Å². The van der Waals surface area contributed by atoms with Crippen molar-refractivity contribution in [2.45, 2.75) is 31.7 Å². The largest absolute Gasteiger partial charge is 0.337 e. The lowest BCUT2D eigenvalue weighted by Crippen LogP contribution is -2.49. The third-order valence-corrected chi connectivity index (χ3v) is 5.58. The van der Waals surface area contributed by atoms with E-state index in [-0.39, 0.29) is 11.8 Å². The zero-order valence-electron chi connectivity index (χ0n) is 14.6. The SMILES string of the molecule is CCn1ccc(C(=O)N2CCC3(CC2)C(=O)N(C)c2ccccc23)n1. The van der Waals surface area contributed by atoms with Crippen molar-refractivity contribution in [3.8, 4) is 0 Å². The lowest BCUT2D eigenvalue weighted by atomic mass is 9.73. The molecule has 4 rings (SSSR count). The summed E-state index contributed by atoms with van der Waals surface area (Å²) in [4.78, 5) is 29.2. The molecule has 130 valence electrons. The van der Waals surface area contributed by atoms with Crippen LogP contribution in [0.5, 0.6) is 0 Å². The molecule has 0 aliphatic carbocycles. The Labute approximate surface area is 147 Å². The van der Waals surface area contributed by atoms with E-state index in [0.29, 0.717) is 31.6 Å². The average molecular weight is 338 g/mol. The van der Waals surface area contributed by atoms with Gasteiger partial charge in [0, 0.05) is 38.6 Å². The smallest absolute Gasteiger partial charge is 0.274 e. The van der Waals surface area contributed by atoms with Gasteiger partial charge in [0.25, 0.3) is 5.91 Å². The van der Waals surface area contributed by atoms with E-state index in [4.69, 9.17) is 0 Å². The van der Waals surface area contributed by atoms with Crippen LogP contribution >= 0.6 is 0 Å². The molecule has 0 atom stereocenters. The first-order chi connectivity index (χ1) is 12.1. The van der Waals surface area contributed by atoms with E-state index in [2.05, 4.69) is 11.2 Å². The number of likely N-dealkylation sites (N-methyl/N-ethyl adjacent to an activating group) is 1. The lowest BCUT2D eigenvalue weighted by molar-refractivity contribution is -0.124. The molecule has 0 unspecified atom stereocenters. The number of carbonyl (C=O) groups excluding carboxylic acids is 2. The monoisotopic (exact) mass is 338 g/mol. The van der Waals surface area contributed by atoms with Crippen LogP contribution < -0.4 is 4.90 Å². The number of carbonyl (C=O) groups is 2. The van der Waals surface area contributed by atoms with Gasteiger partial charge in [-0.2, -0.15) is 5.10 Å². The average Bonchev–Trinajstić information content (AvgIpc) is 3.22. The molecule has 0 saturated carbocycles. The van der Waals surface area contributed by atoms with Gasteiger partial charge in [-0.05, 0) is 37.5 Å². The highest BCUT2D eigenvalue weighted by Gasteiger charge is 2.51. The molecule has 0 bridgehead atoms. The number of anilines is 1. The molecule has 1 aromatic carbocycles. The molecule has 1 saturated heterocycles. The van der Waals surface area contributed by atoms with Crippen LogP contribution in [0.3, 0.4) is 0 Å². The number of para-hydroxylation sites is 1. The quantitative estimate of drug-likeness (QED) is 0.842. The molecule has 1 spiro atoms. The molecule has 6 heteroatoms. The second-order valence-corrected chi connectivity index (χ2v) is 6.81. The Balaban J connectivity index is 1.55. The van der Waals surface area contributed by atoms with Crippen LogP contribution in [0.1, 0.15) is 35.8 Å². The number of amides is 2.